The van der Waals surface area contributed by atoms with Gasteiger partial charge in [0.05, 0.1) is 23.4 Å². The minimum absolute atomic E-state index is 0.0552. The fraction of sp³-hybridized carbons (Fsp3) is 0.103. The van der Waals surface area contributed by atoms with E-state index in [1.807, 2.05) is 58.4 Å². The third kappa shape index (κ3) is 5.15. The van der Waals surface area contributed by atoms with E-state index in [9.17, 15) is 13.2 Å². The van der Waals surface area contributed by atoms with Crippen molar-refractivity contribution in [1.82, 2.24) is 24.1 Å². The molecule has 0 atom stereocenters. The van der Waals surface area contributed by atoms with Gasteiger partial charge < -0.3 is 10.1 Å². The molecule has 3 aromatic heterocycles. The number of nitrogens with one attached hydrogen (secondary N) is 2. The van der Waals surface area contributed by atoms with Crippen molar-refractivity contribution < 1.29 is 17.9 Å². The number of aromatic nitrogens is 4. The first-order chi connectivity index (χ1) is 20.0. The van der Waals surface area contributed by atoms with Crippen LogP contribution in [0.25, 0.3) is 38.4 Å². The topological polar surface area (TPSA) is 128 Å². The molecule has 10 nitrogen and oxygen atoms in total. The van der Waals surface area contributed by atoms with E-state index in [2.05, 4.69) is 15.0 Å². The largest absolute Gasteiger partial charge is 0.497 e. The number of methoxy groups -OCH3 is 1. The molecule has 3 heterocycles. The van der Waals surface area contributed by atoms with Gasteiger partial charge in [-0.15, -0.1) is 11.3 Å². The first-order valence-electron chi connectivity index (χ1n) is 12.6. The molecule has 6 aromatic rings. The van der Waals surface area contributed by atoms with Crippen LogP contribution >= 0.6 is 11.3 Å². The molecule has 3 aromatic carbocycles. The predicted molar refractivity (Wildman–Crippen MR) is 159 cm³/mol. The number of hydrogen-bond donors (Lipinski definition) is 2. The maximum atomic E-state index is 13.0. The molecule has 206 valence electrons. The van der Waals surface area contributed by atoms with Crippen LogP contribution in [0.15, 0.2) is 89.4 Å². The number of hydrogen-bond acceptors (Lipinski definition) is 9. The number of thiazole rings is 1. The molecule has 0 aliphatic rings. The highest BCUT2D eigenvalue weighted by atomic mass is 32.2. The van der Waals surface area contributed by atoms with Gasteiger partial charge in [0, 0.05) is 42.0 Å². The van der Waals surface area contributed by atoms with Crippen LogP contribution < -0.4 is 14.8 Å². The van der Waals surface area contributed by atoms with E-state index in [-0.39, 0.29) is 23.5 Å². The lowest BCUT2D eigenvalue weighted by atomic mass is 10.1. The maximum Gasteiger partial charge on any atom is 0.241 e. The molecule has 6 rings (SSSR count). The number of ether oxygens (including phenoxy) is 1. The third-order valence-electron chi connectivity index (χ3n) is 6.56. The highest BCUT2D eigenvalue weighted by molar-refractivity contribution is 7.89. The number of benzene rings is 3. The predicted octanol–water partition coefficient (Wildman–Crippen LogP) is 4.88. The molecule has 0 aliphatic carbocycles. The van der Waals surface area contributed by atoms with Crippen LogP contribution in [-0.4, -0.2) is 54.3 Å². The Balaban J connectivity index is 1.20. The summed E-state index contributed by atoms with van der Waals surface area (Å²) in [5.41, 5.74) is 3.30. The minimum atomic E-state index is -3.93. The zero-order valence-electron chi connectivity index (χ0n) is 21.8. The number of fused-ring (bicyclic) bond motifs is 2. The van der Waals surface area contributed by atoms with E-state index in [1.165, 1.54) is 17.4 Å². The summed E-state index contributed by atoms with van der Waals surface area (Å²) in [5, 5.41) is 6.42. The van der Waals surface area contributed by atoms with Crippen molar-refractivity contribution in [3.05, 3.63) is 90.1 Å². The molecule has 12 heteroatoms. The van der Waals surface area contributed by atoms with Gasteiger partial charge in [0.2, 0.25) is 16.0 Å². The Labute approximate surface area is 239 Å². The fourth-order valence-electron chi connectivity index (χ4n) is 4.63. The molecule has 0 spiro atoms. The summed E-state index contributed by atoms with van der Waals surface area (Å²) in [4.78, 5) is 26.4. The van der Waals surface area contributed by atoms with Crippen LogP contribution in [0.4, 0.5) is 5.95 Å². The first-order valence-corrected chi connectivity index (χ1v) is 15.0. The molecule has 0 saturated carbocycles. The molecule has 0 unspecified atom stereocenters. The lowest BCUT2D eigenvalue weighted by Gasteiger charge is -2.12. The quantitative estimate of drug-likeness (QED) is 0.172. The Kier molecular flexibility index (Phi) is 7.18. The van der Waals surface area contributed by atoms with E-state index < -0.39 is 10.0 Å². The summed E-state index contributed by atoms with van der Waals surface area (Å²) in [6.45, 7) is 0.276. The van der Waals surface area contributed by atoms with Crippen LogP contribution in [0.1, 0.15) is 10.4 Å². The highest BCUT2D eigenvalue weighted by Gasteiger charge is 2.21. The molecule has 0 saturated heterocycles. The van der Waals surface area contributed by atoms with Crippen molar-refractivity contribution in [2.75, 3.05) is 25.5 Å². The number of imidazole rings is 1. The average molecular weight is 585 g/mol. The number of anilines is 1. The van der Waals surface area contributed by atoms with Crippen molar-refractivity contribution in [2.45, 2.75) is 4.90 Å². The van der Waals surface area contributed by atoms with Crippen molar-refractivity contribution in [1.29, 1.82) is 0 Å². The zero-order valence-corrected chi connectivity index (χ0v) is 23.4. The standard InChI is InChI=1S/C29H24N6O4S2/c1-39-21-9-6-20(7-10-21)26-27(35-16-17-40-29(35)34-26)24-12-13-30-28(33-24)31-14-15-32-41(37,38)25-11-8-19-4-2-3-5-22(19)23(25)18-36/h2-13,16-18,32H,14-15H2,1H3,(H,30,31,33). The number of sulfonamides is 1. The molecule has 0 fully saturated rings. The van der Waals surface area contributed by atoms with Gasteiger partial charge in [-0.2, -0.15) is 0 Å². The van der Waals surface area contributed by atoms with Crippen LogP contribution in [0, 0.1) is 0 Å². The molecule has 2 N–H and O–H groups in total. The van der Waals surface area contributed by atoms with Crippen LogP contribution in [0.5, 0.6) is 5.75 Å². The van der Waals surface area contributed by atoms with Gasteiger partial charge >= 0.3 is 0 Å². The second-order valence-corrected chi connectivity index (χ2v) is 11.6. The van der Waals surface area contributed by atoms with Gasteiger partial charge in [0.25, 0.3) is 0 Å². The van der Waals surface area contributed by atoms with Crippen molar-refractivity contribution in [3.63, 3.8) is 0 Å². The maximum absolute atomic E-state index is 13.0. The van der Waals surface area contributed by atoms with Crippen molar-refractivity contribution in [3.8, 4) is 28.4 Å². The average Bonchev–Trinajstić information content (AvgIpc) is 3.61. The third-order valence-corrected chi connectivity index (χ3v) is 8.84. The summed E-state index contributed by atoms with van der Waals surface area (Å²) in [5.74, 6) is 1.09. The van der Waals surface area contributed by atoms with E-state index >= 15 is 0 Å². The Morgan fingerprint density at radius 1 is 1.00 bits per heavy atom. The van der Waals surface area contributed by atoms with Gasteiger partial charge in [-0.3, -0.25) is 9.20 Å². The summed E-state index contributed by atoms with van der Waals surface area (Å²) >= 11 is 1.53. The van der Waals surface area contributed by atoms with Crippen molar-refractivity contribution >= 4 is 49.3 Å². The van der Waals surface area contributed by atoms with E-state index in [0.29, 0.717) is 23.3 Å². The second-order valence-electron chi connectivity index (χ2n) is 9.00. The number of nitrogens with zero attached hydrogens (tertiary/aromatic N) is 4. The summed E-state index contributed by atoms with van der Waals surface area (Å²) in [7, 11) is -2.31. The van der Waals surface area contributed by atoms with Gasteiger partial charge in [-0.05, 0) is 47.2 Å². The second kappa shape index (κ2) is 11.1. The van der Waals surface area contributed by atoms with E-state index in [1.54, 1.807) is 31.5 Å². The lowest BCUT2D eigenvalue weighted by Crippen LogP contribution is -2.30. The molecule has 0 radical (unpaired) electrons. The zero-order chi connectivity index (χ0) is 28.4. The molecule has 41 heavy (non-hydrogen) atoms. The van der Waals surface area contributed by atoms with Gasteiger partial charge in [-0.1, -0.05) is 30.3 Å². The van der Waals surface area contributed by atoms with Crippen LogP contribution in [0.2, 0.25) is 0 Å². The van der Waals surface area contributed by atoms with Gasteiger partial charge in [0.1, 0.15) is 11.4 Å². The molecule has 0 bridgehead atoms. The Morgan fingerprint density at radius 3 is 2.63 bits per heavy atom. The van der Waals surface area contributed by atoms with Gasteiger partial charge in [-0.25, -0.2) is 28.1 Å². The Morgan fingerprint density at radius 2 is 1.83 bits per heavy atom. The fourth-order valence-corrected chi connectivity index (χ4v) is 6.56. The lowest BCUT2D eigenvalue weighted by molar-refractivity contribution is 0.112. The van der Waals surface area contributed by atoms with Crippen LogP contribution in [-0.2, 0) is 10.0 Å². The summed E-state index contributed by atoms with van der Waals surface area (Å²) in [6.07, 6.45) is 4.17. The monoisotopic (exact) mass is 584 g/mol. The number of carbonyl (C=O) groups excluding carboxylic acids is 1. The first kappa shape index (κ1) is 26.6. The smallest absolute Gasteiger partial charge is 0.241 e. The highest BCUT2D eigenvalue weighted by Crippen LogP contribution is 2.34. The van der Waals surface area contributed by atoms with E-state index in [4.69, 9.17) is 14.7 Å². The molecule has 0 amide bonds. The van der Waals surface area contributed by atoms with Gasteiger partial charge in [0.15, 0.2) is 11.2 Å². The van der Waals surface area contributed by atoms with E-state index in [0.717, 1.165) is 33.0 Å². The summed E-state index contributed by atoms with van der Waals surface area (Å²) < 4.78 is 35.9. The molecular formula is C29H24N6O4S2. The number of rotatable bonds is 10. The van der Waals surface area contributed by atoms with Crippen LogP contribution in [0.3, 0.4) is 0 Å². The van der Waals surface area contributed by atoms with Crippen molar-refractivity contribution in [2.24, 2.45) is 0 Å². The Bertz CT molecular complexity index is 1980. The molecule has 0 aliphatic heterocycles. The number of carbonyl (C=O) groups is 1. The number of aldehydes is 1. The Hall–Kier alpha value is -4.65. The molecular weight excluding hydrogens is 560 g/mol. The SMILES string of the molecule is COc1ccc(-c2nc3sccn3c2-c2ccnc(NCCNS(=O)(=O)c3ccc4ccccc4c3C=O)n2)cc1. The normalized spacial score (nSPS) is 11.6. The minimum Gasteiger partial charge on any atom is -0.497 e. The summed E-state index contributed by atoms with van der Waals surface area (Å²) in [6, 6.07) is 19.8.